The highest BCUT2D eigenvalue weighted by Crippen LogP contribution is 2.18. The first-order valence-electron chi connectivity index (χ1n) is 6.39. The monoisotopic (exact) mass is 266 g/mol. The van der Waals surface area contributed by atoms with Crippen LogP contribution in [0.4, 0.5) is 0 Å². The molecule has 0 saturated carbocycles. The number of rotatable bonds is 4. The molecule has 3 rings (SSSR count). The summed E-state index contributed by atoms with van der Waals surface area (Å²) in [6, 6.07) is 17.5. The summed E-state index contributed by atoms with van der Waals surface area (Å²) >= 11 is 0. The molecule has 0 unspecified atom stereocenters. The van der Waals surface area contributed by atoms with Crippen LogP contribution in [0.15, 0.2) is 59.1 Å². The van der Waals surface area contributed by atoms with Crippen LogP contribution < -0.4 is 4.74 Å². The van der Waals surface area contributed by atoms with E-state index in [1.165, 1.54) is 0 Å². The Hall–Kier alpha value is -2.62. The predicted octanol–water partition coefficient (Wildman–Crippen LogP) is 3.62. The summed E-state index contributed by atoms with van der Waals surface area (Å²) in [7, 11) is 0. The second-order valence-electron chi connectivity index (χ2n) is 4.48. The Morgan fingerprint density at radius 2 is 1.90 bits per heavy atom. The van der Waals surface area contributed by atoms with Gasteiger partial charge in [-0.3, -0.25) is 0 Å². The SMILES string of the molecule is Cc1cccc(-c2noc(COc3ccccc3)n2)c1. The van der Waals surface area contributed by atoms with Crippen molar-refractivity contribution < 1.29 is 9.26 Å². The first kappa shape index (κ1) is 12.4. The third kappa shape index (κ3) is 2.85. The molecule has 0 saturated heterocycles. The number of aromatic nitrogens is 2. The minimum atomic E-state index is 0.267. The lowest BCUT2D eigenvalue weighted by atomic mass is 10.1. The van der Waals surface area contributed by atoms with E-state index in [0.29, 0.717) is 11.7 Å². The summed E-state index contributed by atoms with van der Waals surface area (Å²) in [4.78, 5) is 4.33. The van der Waals surface area contributed by atoms with Crippen LogP contribution in [0.3, 0.4) is 0 Å². The third-order valence-electron chi connectivity index (χ3n) is 2.85. The number of nitrogens with zero attached hydrogens (tertiary/aromatic N) is 2. The molecule has 0 aliphatic carbocycles. The van der Waals surface area contributed by atoms with Crippen molar-refractivity contribution in [3.8, 4) is 17.1 Å². The Bertz CT molecular complexity index is 692. The number of aryl methyl sites for hydroxylation is 1. The molecule has 4 heteroatoms. The van der Waals surface area contributed by atoms with Crippen LogP contribution in [0.2, 0.25) is 0 Å². The number of benzene rings is 2. The summed E-state index contributed by atoms with van der Waals surface area (Å²) in [5, 5.41) is 3.97. The zero-order chi connectivity index (χ0) is 13.8. The van der Waals surface area contributed by atoms with Gasteiger partial charge in [0.15, 0.2) is 6.61 Å². The fourth-order valence-corrected chi connectivity index (χ4v) is 1.88. The third-order valence-corrected chi connectivity index (χ3v) is 2.85. The first-order valence-corrected chi connectivity index (χ1v) is 6.39. The zero-order valence-corrected chi connectivity index (χ0v) is 11.1. The molecular formula is C16H14N2O2. The minimum Gasteiger partial charge on any atom is -0.484 e. The van der Waals surface area contributed by atoms with Crippen molar-refractivity contribution in [2.75, 3.05) is 0 Å². The quantitative estimate of drug-likeness (QED) is 0.723. The number of ether oxygens (including phenoxy) is 1. The van der Waals surface area contributed by atoms with Gasteiger partial charge in [-0.15, -0.1) is 0 Å². The molecular weight excluding hydrogens is 252 g/mol. The van der Waals surface area contributed by atoms with E-state index >= 15 is 0 Å². The topological polar surface area (TPSA) is 48.2 Å². The molecule has 100 valence electrons. The molecule has 4 nitrogen and oxygen atoms in total. The average molecular weight is 266 g/mol. The Kier molecular flexibility index (Phi) is 3.46. The summed E-state index contributed by atoms with van der Waals surface area (Å²) in [6.45, 7) is 2.30. The second-order valence-corrected chi connectivity index (χ2v) is 4.48. The Balaban J connectivity index is 1.71. The standard InChI is InChI=1S/C16H14N2O2/c1-12-6-5-7-13(10-12)16-17-15(20-18-16)11-19-14-8-3-2-4-9-14/h2-10H,11H2,1H3. The molecule has 1 heterocycles. The first-order chi connectivity index (χ1) is 9.81. The number of hydrogen-bond acceptors (Lipinski definition) is 4. The lowest BCUT2D eigenvalue weighted by Crippen LogP contribution is -1.95. The lowest BCUT2D eigenvalue weighted by Gasteiger charge is -2.01. The van der Waals surface area contributed by atoms with Crippen LogP contribution in [0.25, 0.3) is 11.4 Å². The van der Waals surface area contributed by atoms with Crippen molar-refractivity contribution in [2.45, 2.75) is 13.5 Å². The maximum Gasteiger partial charge on any atom is 0.264 e. The van der Waals surface area contributed by atoms with E-state index in [2.05, 4.69) is 10.1 Å². The van der Waals surface area contributed by atoms with Gasteiger partial charge in [0.25, 0.3) is 5.89 Å². The van der Waals surface area contributed by atoms with Gasteiger partial charge in [0.05, 0.1) is 0 Å². The summed E-state index contributed by atoms with van der Waals surface area (Å²) in [6.07, 6.45) is 0. The van der Waals surface area contributed by atoms with E-state index in [9.17, 15) is 0 Å². The van der Waals surface area contributed by atoms with Gasteiger partial charge in [-0.05, 0) is 25.1 Å². The van der Waals surface area contributed by atoms with Gasteiger partial charge >= 0.3 is 0 Å². The zero-order valence-electron chi connectivity index (χ0n) is 11.1. The maximum atomic E-state index is 5.57. The normalized spacial score (nSPS) is 10.4. The highest BCUT2D eigenvalue weighted by Gasteiger charge is 2.09. The van der Waals surface area contributed by atoms with E-state index in [1.54, 1.807) is 0 Å². The number of hydrogen-bond donors (Lipinski definition) is 0. The highest BCUT2D eigenvalue weighted by molar-refractivity contribution is 5.55. The highest BCUT2D eigenvalue weighted by atomic mass is 16.5. The van der Waals surface area contributed by atoms with E-state index in [1.807, 2.05) is 61.5 Å². The van der Waals surface area contributed by atoms with E-state index in [0.717, 1.165) is 16.9 Å². The van der Waals surface area contributed by atoms with Crippen LogP contribution in [-0.4, -0.2) is 10.1 Å². The molecule has 1 aromatic heterocycles. The average Bonchev–Trinajstić information content (AvgIpc) is 2.95. The van der Waals surface area contributed by atoms with Crippen molar-refractivity contribution in [2.24, 2.45) is 0 Å². The summed E-state index contributed by atoms with van der Waals surface area (Å²) in [5.74, 6) is 1.83. The van der Waals surface area contributed by atoms with Gasteiger partial charge in [-0.2, -0.15) is 4.98 Å². The van der Waals surface area contributed by atoms with Crippen molar-refractivity contribution in [1.29, 1.82) is 0 Å². The van der Waals surface area contributed by atoms with Gasteiger partial charge in [-0.25, -0.2) is 0 Å². The number of para-hydroxylation sites is 1. The second kappa shape index (κ2) is 5.57. The maximum absolute atomic E-state index is 5.57. The predicted molar refractivity (Wildman–Crippen MR) is 75.2 cm³/mol. The van der Waals surface area contributed by atoms with Gasteiger partial charge in [0.1, 0.15) is 5.75 Å². The molecule has 0 aliphatic heterocycles. The Labute approximate surface area is 117 Å². The van der Waals surface area contributed by atoms with E-state index in [4.69, 9.17) is 9.26 Å². The summed E-state index contributed by atoms with van der Waals surface area (Å²) in [5.41, 5.74) is 2.11. The van der Waals surface area contributed by atoms with Crippen LogP contribution >= 0.6 is 0 Å². The van der Waals surface area contributed by atoms with Crippen molar-refractivity contribution in [3.05, 3.63) is 66.1 Å². The largest absolute Gasteiger partial charge is 0.484 e. The van der Waals surface area contributed by atoms with Crippen LogP contribution in [0.5, 0.6) is 5.75 Å². The molecule has 3 aromatic rings. The lowest BCUT2D eigenvalue weighted by molar-refractivity contribution is 0.243. The van der Waals surface area contributed by atoms with Gasteiger partial charge in [0.2, 0.25) is 5.82 Å². The van der Waals surface area contributed by atoms with E-state index in [-0.39, 0.29) is 6.61 Å². The fraction of sp³-hybridized carbons (Fsp3) is 0.125. The Morgan fingerprint density at radius 1 is 1.05 bits per heavy atom. The molecule has 0 fully saturated rings. The Morgan fingerprint density at radius 3 is 2.70 bits per heavy atom. The molecule has 0 atom stereocenters. The molecule has 0 amide bonds. The molecule has 0 spiro atoms. The molecule has 0 radical (unpaired) electrons. The van der Waals surface area contributed by atoms with Gasteiger partial charge in [-0.1, -0.05) is 47.1 Å². The van der Waals surface area contributed by atoms with Crippen molar-refractivity contribution in [1.82, 2.24) is 10.1 Å². The molecule has 0 N–H and O–H groups in total. The van der Waals surface area contributed by atoms with Gasteiger partial charge in [0, 0.05) is 5.56 Å². The van der Waals surface area contributed by atoms with Gasteiger partial charge < -0.3 is 9.26 Å². The van der Waals surface area contributed by atoms with Crippen molar-refractivity contribution in [3.63, 3.8) is 0 Å². The smallest absolute Gasteiger partial charge is 0.264 e. The molecule has 2 aromatic carbocycles. The summed E-state index contributed by atoms with van der Waals surface area (Å²) < 4.78 is 10.8. The molecule has 0 bridgehead atoms. The van der Waals surface area contributed by atoms with Crippen molar-refractivity contribution >= 4 is 0 Å². The molecule has 20 heavy (non-hydrogen) atoms. The van der Waals surface area contributed by atoms with Crippen LogP contribution in [-0.2, 0) is 6.61 Å². The fourth-order valence-electron chi connectivity index (χ4n) is 1.88. The van der Waals surface area contributed by atoms with E-state index < -0.39 is 0 Å². The van der Waals surface area contributed by atoms with Crippen LogP contribution in [0, 0.1) is 6.92 Å². The minimum absolute atomic E-state index is 0.267. The molecule has 0 aliphatic rings. The van der Waals surface area contributed by atoms with Crippen LogP contribution in [0.1, 0.15) is 11.5 Å².